The van der Waals surface area contributed by atoms with Gasteiger partial charge >= 0.3 is 0 Å². The fourth-order valence-corrected chi connectivity index (χ4v) is 3.87. The van der Waals surface area contributed by atoms with Crippen LogP contribution in [0.2, 0.25) is 0 Å². The van der Waals surface area contributed by atoms with Gasteiger partial charge in [-0.3, -0.25) is 19.8 Å². The molecule has 1 aromatic heterocycles. The van der Waals surface area contributed by atoms with Crippen LogP contribution in [-0.4, -0.2) is 33.8 Å². The maximum atomic E-state index is 12.6. The highest BCUT2D eigenvalue weighted by Crippen LogP contribution is 2.28. The molecule has 2 aliphatic rings. The number of hydrogen-bond donors (Lipinski definition) is 3. The molecule has 2 aromatic rings. The van der Waals surface area contributed by atoms with Gasteiger partial charge in [-0.2, -0.15) is 0 Å². The highest BCUT2D eigenvalue weighted by Gasteiger charge is 2.34. The number of rotatable bonds is 5. The number of hydrogen-bond acceptors (Lipinski definition) is 6. The molecule has 1 aliphatic carbocycles. The molecule has 0 saturated heterocycles. The first-order chi connectivity index (χ1) is 14.2. The van der Waals surface area contributed by atoms with E-state index < -0.39 is 11.8 Å². The van der Waals surface area contributed by atoms with E-state index in [0.717, 1.165) is 23.4 Å². The first-order valence-electron chi connectivity index (χ1n) is 9.64. The van der Waals surface area contributed by atoms with E-state index in [1.807, 2.05) is 30.3 Å². The number of carbonyl (C=O) groups is 2. The van der Waals surface area contributed by atoms with Crippen molar-refractivity contribution in [1.29, 1.82) is 0 Å². The third kappa shape index (κ3) is 4.12. The molecule has 3 N–H and O–H groups in total. The second kappa shape index (κ2) is 8.40. The molecule has 1 aromatic carbocycles. The second-order valence-electron chi connectivity index (χ2n) is 7.26. The first kappa shape index (κ1) is 19.1. The average molecular weight is 394 g/mol. The van der Waals surface area contributed by atoms with Crippen LogP contribution in [0.4, 0.5) is 0 Å². The van der Waals surface area contributed by atoms with Gasteiger partial charge in [-0.05, 0) is 42.7 Å². The van der Waals surface area contributed by atoms with Crippen molar-refractivity contribution >= 4 is 17.5 Å². The Labute approximate surface area is 167 Å². The number of carbonyl (C=O) groups excluding carboxylic acids is 2. The molecule has 4 rings (SSSR count). The summed E-state index contributed by atoms with van der Waals surface area (Å²) < 4.78 is 0. The van der Waals surface area contributed by atoms with E-state index in [1.165, 1.54) is 0 Å². The molecule has 8 heteroatoms. The highest BCUT2D eigenvalue weighted by atomic mass is 16.6. The molecular weight excluding hydrogens is 372 g/mol. The van der Waals surface area contributed by atoms with E-state index in [0.29, 0.717) is 24.8 Å². The monoisotopic (exact) mass is 394 g/mol. The van der Waals surface area contributed by atoms with Crippen LogP contribution in [0.25, 0.3) is 0 Å². The van der Waals surface area contributed by atoms with Gasteiger partial charge in [-0.15, -0.1) is 0 Å². The summed E-state index contributed by atoms with van der Waals surface area (Å²) in [6, 6.07) is 12.5. The lowest BCUT2D eigenvalue weighted by Gasteiger charge is -2.19. The predicted molar refractivity (Wildman–Crippen MR) is 104 cm³/mol. The molecule has 150 valence electrons. The summed E-state index contributed by atoms with van der Waals surface area (Å²) in [4.78, 5) is 34.1. The molecule has 3 atom stereocenters. The summed E-state index contributed by atoms with van der Waals surface area (Å²) in [6.45, 7) is 0. The van der Waals surface area contributed by atoms with Crippen LogP contribution in [0.15, 0.2) is 53.8 Å². The summed E-state index contributed by atoms with van der Waals surface area (Å²) in [5.74, 6) is -1.10. The lowest BCUT2D eigenvalue weighted by Crippen LogP contribution is -2.43. The third-order valence-electron chi connectivity index (χ3n) is 5.45. The van der Waals surface area contributed by atoms with Crippen molar-refractivity contribution in [3.63, 3.8) is 0 Å². The van der Waals surface area contributed by atoms with E-state index in [2.05, 4.69) is 15.5 Å². The third-order valence-corrected chi connectivity index (χ3v) is 5.45. The molecule has 1 fully saturated rings. The van der Waals surface area contributed by atoms with Gasteiger partial charge in [-0.25, -0.2) is 5.48 Å². The van der Waals surface area contributed by atoms with Gasteiger partial charge in [0, 0.05) is 24.2 Å². The van der Waals surface area contributed by atoms with Crippen molar-refractivity contribution in [1.82, 2.24) is 15.8 Å². The largest absolute Gasteiger partial charge is 0.385 e. The van der Waals surface area contributed by atoms with Crippen LogP contribution in [0.3, 0.4) is 0 Å². The van der Waals surface area contributed by atoms with E-state index in [9.17, 15) is 9.59 Å². The predicted octanol–water partition coefficient (Wildman–Crippen LogP) is 2.35. The van der Waals surface area contributed by atoms with E-state index >= 15 is 0 Å². The van der Waals surface area contributed by atoms with E-state index in [-0.39, 0.29) is 18.1 Å². The quantitative estimate of drug-likeness (QED) is 0.532. The Kier molecular flexibility index (Phi) is 5.53. The van der Waals surface area contributed by atoms with Crippen molar-refractivity contribution in [2.24, 2.45) is 11.1 Å². The Morgan fingerprint density at radius 3 is 2.66 bits per heavy atom. The minimum absolute atomic E-state index is 0.203. The van der Waals surface area contributed by atoms with Crippen LogP contribution < -0.4 is 10.8 Å². The highest BCUT2D eigenvalue weighted by molar-refractivity contribution is 6.02. The number of pyridine rings is 1. The lowest BCUT2D eigenvalue weighted by atomic mass is 10.0. The van der Waals surface area contributed by atoms with Gasteiger partial charge in [0.05, 0.1) is 17.3 Å². The number of nitrogens with zero attached hydrogens (tertiary/aromatic N) is 2. The van der Waals surface area contributed by atoms with E-state index in [4.69, 9.17) is 10.0 Å². The van der Waals surface area contributed by atoms with Gasteiger partial charge in [0.25, 0.3) is 5.91 Å². The van der Waals surface area contributed by atoms with Crippen LogP contribution in [-0.2, 0) is 9.63 Å². The molecule has 29 heavy (non-hydrogen) atoms. The fourth-order valence-electron chi connectivity index (χ4n) is 3.87. The molecule has 2 amide bonds. The van der Waals surface area contributed by atoms with Gasteiger partial charge < -0.3 is 10.2 Å². The zero-order chi connectivity index (χ0) is 20.2. The van der Waals surface area contributed by atoms with Gasteiger partial charge in [0.15, 0.2) is 6.10 Å². The Balaban J connectivity index is 1.38. The first-order valence-corrected chi connectivity index (χ1v) is 9.64. The van der Waals surface area contributed by atoms with Crippen molar-refractivity contribution in [2.45, 2.75) is 37.8 Å². The van der Waals surface area contributed by atoms with Crippen LogP contribution >= 0.6 is 0 Å². The molecular formula is C21H22N4O4. The van der Waals surface area contributed by atoms with Crippen molar-refractivity contribution in [2.75, 3.05) is 0 Å². The Bertz CT molecular complexity index is 914. The number of oxime groups is 1. The average Bonchev–Trinajstić information content (AvgIpc) is 3.44. The van der Waals surface area contributed by atoms with Crippen LogP contribution in [0, 0.1) is 5.92 Å². The number of aromatic nitrogens is 1. The number of amides is 2. The minimum atomic E-state index is -0.454. The number of nitrogens with one attached hydrogen (secondary N) is 2. The van der Waals surface area contributed by atoms with Gasteiger partial charge in [-0.1, -0.05) is 29.8 Å². The second-order valence-corrected chi connectivity index (χ2v) is 7.26. The molecule has 1 aliphatic heterocycles. The number of benzene rings is 1. The van der Waals surface area contributed by atoms with E-state index in [1.54, 1.807) is 23.8 Å². The lowest BCUT2D eigenvalue weighted by molar-refractivity contribution is -0.133. The normalized spacial score (nSPS) is 23.2. The Morgan fingerprint density at radius 2 is 1.93 bits per heavy atom. The summed E-state index contributed by atoms with van der Waals surface area (Å²) in [5, 5.41) is 15.9. The smallest absolute Gasteiger partial charge is 0.251 e. The Morgan fingerprint density at radius 1 is 1.10 bits per heavy atom. The summed E-state index contributed by atoms with van der Waals surface area (Å²) in [5.41, 5.74) is 4.72. The molecule has 8 nitrogen and oxygen atoms in total. The molecule has 2 heterocycles. The maximum Gasteiger partial charge on any atom is 0.251 e. The fraction of sp³-hybridized carbons (Fsp3) is 0.333. The molecule has 0 spiro atoms. The molecule has 0 bridgehead atoms. The van der Waals surface area contributed by atoms with Crippen LogP contribution in [0.5, 0.6) is 0 Å². The molecule has 1 saturated carbocycles. The maximum absolute atomic E-state index is 12.6. The SMILES string of the molecule is O=C(N[C@@H]1CCC[C@@H]1C(=O)NO)c1ccc(C2=NOC(c3ccccn3)C2)cc1. The zero-order valence-electron chi connectivity index (χ0n) is 15.7. The summed E-state index contributed by atoms with van der Waals surface area (Å²) in [7, 11) is 0. The van der Waals surface area contributed by atoms with Crippen LogP contribution in [0.1, 0.15) is 53.4 Å². The minimum Gasteiger partial charge on any atom is -0.385 e. The van der Waals surface area contributed by atoms with Gasteiger partial charge in [0.2, 0.25) is 5.91 Å². The zero-order valence-corrected chi connectivity index (χ0v) is 15.7. The topological polar surface area (TPSA) is 113 Å². The van der Waals surface area contributed by atoms with Crippen molar-refractivity contribution in [3.05, 3.63) is 65.5 Å². The summed E-state index contributed by atoms with van der Waals surface area (Å²) in [6.07, 6.45) is 4.33. The van der Waals surface area contributed by atoms with Crippen molar-refractivity contribution < 1.29 is 19.6 Å². The molecule has 0 radical (unpaired) electrons. The molecule has 1 unspecified atom stereocenters. The van der Waals surface area contributed by atoms with Gasteiger partial charge in [0.1, 0.15) is 0 Å². The summed E-state index contributed by atoms with van der Waals surface area (Å²) >= 11 is 0. The number of hydroxylamine groups is 1. The standard InChI is InChI=1S/C21H22N4O4/c26-20(23-16-6-3-4-15(16)21(27)24-28)14-9-7-13(8-10-14)18-12-19(29-25-18)17-5-1-2-11-22-17/h1-2,5,7-11,15-16,19,28H,3-4,6,12H2,(H,23,26)(H,24,27)/t15-,16+,19?/m0/s1. The van der Waals surface area contributed by atoms with Crippen molar-refractivity contribution in [3.8, 4) is 0 Å². The Hall–Kier alpha value is -3.26.